The van der Waals surface area contributed by atoms with Gasteiger partial charge in [-0.1, -0.05) is 30.0 Å². The van der Waals surface area contributed by atoms with Gasteiger partial charge in [-0.05, 0) is 43.7 Å². The summed E-state index contributed by atoms with van der Waals surface area (Å²) in [6.45, 7) is 3.72. The molecule has 0 radical (unpaired) electrons. The molecule has 1 N–H and O–H groups in total. The minimum absolute atomic E-state index is 0.0671. The van der Waals surface area contributed by atoms with Crippen molar-refractivity contribution >= 4 is 17.7 Å². The molecule has 1 aromatic carbocycles. The Morgan fingerprint density at radius 1 is 1.19 bits per heavy atom. The Balaban J connectivity index is 1.92. The van der Waals surface area contributed by atoms with Crippen LogP contribution in [0.5, 0.6) is 0 Å². The van der Waals surface area contributed by atoms with Crippen LogP contribution in [-0.4, -0.2) is 16.1 Å². The number of amides is 1. The van der Waals surface area contributed by atoms with Gasteiger partial charge < -0.3 is 5.32 Å². The lowest BCUT2D eigenvalue weighted by atomic mass is 10.1. The molecule has 3 nitrogen and oxygen atoms in total. The zero-order chi connectivity index (χ0) is 15.2. The average Bonchev–Trinajstić information content (AvgIpc) is 2.48. The van der Waals surface area contributed by atoms with Crippen LogP contribution < -0.4 is 5.32 Å². The van der Waals surface area contributed by atoms with Crippen LogP contribution in [-0.2, 0) is 4.79 Å². The van der Waals surface area contributed by atoms with Gasteiger partial charge in [0.25, 0.3) is 0 Å². The van der Waals surface area contributed by atoms with Crippen molar-refractivity contribution < 1.29 is 9.18 Å². The maximum atomic E-state index is 12.9. The summed E-state index contributed by atoms with van der Waals surface area (Å²) in [5, 5.41) is 3.49. The Morgan fingerprint density at radius 3 is 2.52 bits per heavy atom. The fourth-order valence-corrected chi connectivity index (χ4v) is 2.63. The summed E-state index contributed by atoms with van der Waals surface area (Å²) in [4.78, 5) is 16.4. The van der Waals surface area contributed by atoms with Gasteiger partial charge in [-0.2, -0.15) is 0 Å². The highest BCUT2D eigenvalue weighted by Gasteiger charge is 2.17. The number of benzene rings is 1. The first-order chi connectivity index (χ1) is 10.1. The Hall–Kier alpha value is -1.88. The van der Waals surface area contributed by atoms with Gasteiger partial charge in [0.15, 0.2) is 0 Å². The van der Waals surface area contributed by atoms with Gasteiger partial charge in [-0.25, -0.2) is 9.37 Å². The van der Waals surface area contributed by atoms with Crippen molar-refractivity contribution in [3.8, 4) is 0 Å². The highest BCUT2D eigenvalue weighted by molar-refractivity contribution is 8.00. The number of rotatable bonds is 5. The molecule has 0 fully saturated rings. The third-order valence-electron chi connectivity index (χ3n) is 3.03. The molecule has 0 aliphatic heterocycles. The quantitative estimate of drug-likeness (QED) is 0.859. The van der Waals surface area contributed by atoms with Gasteiger partial charge in [0.2, 0.25) is 5.91 Å². The molecular weight excluding hydrogens is 287 g/mol. The molecule has 2 rings (SSSR count). The van der Waals surface area contributed by atoms with Crippen LogP contribution in [0.15, 0.2) is 53.7 Å². The van der Waals surface area contributed by atoms with Gasteiger partial charge in [-0.3, -0.25) is 4.79 Å². The summed E-state index contributed by atoms with van der Waals surface area (Å²) >= 11 is 1.41. The van der Waals surface area contributed by atoms with Crippen molar-refractivity contribution in [2.45, 2.75) is 30.2 Å². The van der Waals surface area contributed by atoms with E-state index in [1.165, 1.54) is 23.9 Å². The minimum atomic E-state index is -0.281. The fourth-order valence-electron chi connectivity index (χ4n) is 1.82. The lowest BCUT2D eigenvalue weighted by Gasteiger charge is -2.17. The maximum absolute atomic E-state index is 12.9. The number of hydrogen-bond acceptors (Lipinski definition) is 3. The summed E-state index contributed by atoms with van der Waals surface area (Å²) in [6, 6.07) is 11.6. The van der Waals surface area contributed by atoms with Gasteiger partial charge >= 0.3 is 0 Å². The smallest absolute Gasteiger partial charge is 0.233 e. The van der Waals surface area contributed by atoms with E-state index in [1.807, 2.05) is 32.0 Å². The van der Waals surface area contributed by atoms with E-state index in [4.69, 9.17) is 0 Å². The Bertz CT molecular complexity index is 589. The highest BCUT2D eigenvalue weighted by Crippen LogP contribution is 2.21. The number of halogens is 1. The highest BCUT2D eigenvalue weighted by atomic mass is 32.2. The maximum Gasteiger partial charge on any atom is 0.233 e. The van der Waals surface area contributed by atoms with E-state index in [9.17, 15) is 9.18 Å². The van der Waals surface area contributed by atoms with Crippen molar-refractivity contribution in [3.05, 3.63) is 60.0 Å². The van der Waals surface area contributed by atoms with Crippen LogP contribution in [0.3, 0.4) is 0 Å². The van der Waals surface area contributed by atoms with E-state index in [0.29, 0.717) is 0 Å². The van der Waals surface area contributed by atoms with E-state index < -0.39 is 0 Å². The SMILES string of the molecule is C[C@H](NC(=O)[C@@H](C)Sc1ccccn1)c1ccc(F)cc1. The normalized spacial score (nSPS) is 13.5. The molecule has 5 heteroatoms. The van der Waals surface area contributed by atoms with Crippen molar-refractivity contribution in [1.82, 2.24) is 10.3 Å². The van der Waals surface area contributed by atoms with Gasteiger partial charge in [0.05, 0.1) is 16.3 Å². The zero-order valence-corrected chi connectivity index (χ0v) is 12.7. The topological polar surface area (TPSA) is 42.0 Å². The molecule has 0 bridgehead atoms. The summed E-state index contributed by atoms with van der Waals surface area (Å²) in [5.74, 6) is -0.348. The van der Waals surface area contributed by atoms with Crippen LogP contribution in [0.2, 0.25) is 0 Å². The van der Waals surface area contributed by atoms with Crippen LogP contribution in [0, 0.1) is 5.82 Å². The predicted molar refractivity (Wildman–Crippen MR) is 82.5 cm³/mol. The summed E-state index contributed by atoms with van der Waals surface area (Å²) in [5.41, 5.74) is 0.875. The molecule has 21 heavy (non-hydrogen) atoms. The molecule has 1 heterocycles. The molecule has 110 valence electrons. The van der Waals surface area contributed by atoms with E-state index in [2.05, 4.69) is 10.3 Å². The first-order valence-electron chi connectivity index (χ1n) is 6.70. The Morgan fingerprint density at radius 2 is 1.90 bits per heavy atom. The number of nitrogens with one attached hydrogen (secondary N) is 1. The molecule has 0 unspecified atom stereocenters. The van der Waals surface area contributed by atoms with E-state index >= 15 is 0 Å². The summed E-state index contributed by atoms with van der Waals surface area (Å²) in [7, 11) is 0. The van der Waals surface area contributed by atoms with Crippen molar-refractivity contribution in [2.75, 3.05) is 0 Å². The van der Waals surface area contributed by atoms with Gasteiger partial charge in [-0.15, -0.1) is 0 Å². The third kappa shape index (κ3) is 4.56. The average molecular weight is 304 g/mol. The first kappa shape index (κ1) is 15.5. The number of pyridine rings is 1. The second-order valence-electron chi connectivity index (χ2n) is 4.71. The molecule has 0 aliphatic carbocycles. The van der Waals surface area contributed by atoms with Crippen LogP contribution >= 0.6 is 11.8 Å². The van der Waals surface area contributed by atoms with Crippen LogP contribution in [0.1, 0.15) is 25.5 Å². The second-order valence-corrected chi connectivity index (χ2v) is 6.07. The Labute approximate surface area is 128 Å². The fraction of sp³-hybridized carbons (Fsp3) is 0.250. The molecule has 2 atom stereocenters. The number of hydrogen-bond donors (Lipinski definition) is 1. The molecular formula is C16H17FN2OS. The minimum Gasteiger partial charge on any atom is -0.349 e. The molecule has 0 aliphatic rings. The van der Waals surface area contributed by atoms with E-state index in [1.54, 1.807) is 18.3 Å². The van der Waals surface area contributed by atoms with Crippen molar-refractivity contribution in [1.29, 1.82) is 0 Å². The molecule has 0 saturated heterocycles. The number of nitrogens with zero attached hydrogens (tertiary/aromatic N) is 1. The monoisotopic (exact) mass is 304 g/mol. The zero-order valence-electron chi connectivity index (χ0n) is 11.9. The second kappa shape index (κ2) is 7.22. The largest absolute Gasteiger partial charge is 0.349 e. The van der Waals surface area contributed by atoms with Gasteiger partial charge in [0, 0.05) is 6.20 Å². The molecule has 2 aromatic rings. The molecule has 0 spiro atoms. The summed E-state index contributed by atoms with van der Waals surface area (Å²) in [6.07, 6.45) is 1.70. The van der Waals surface area contributed by atoms with E-state index in [-0.39, 0.29) is 23.0 Å². The standard InChI is InChI=1S/C16H17FN2OS/c1-11(13-6-8-14(17)9-7-13)19-16(20)12(2)21-15-5-3-4-10-18-15/h3-12H,1-2H3,(H,19,20)/t11-,12+/m0/s1. The van der Waals surface area contributed by atoms with Gasteiger partial charge in [0.1, 0.15) is 5.82 Å². The van der Waals surface area contributed by atoms with Crippen LogP contribution in [0.25, 0.3) is 0 Å². The number of carbonyl (C=O) groups excluding carboxylic acids is 1. The Kier molecular flexibility index (Phi) is 5.33. The van der Waals surface area contributed by atoms with Crippen molar-refractivity contribution in [2.24, 2.45) is 0 Å². The van der Waals surface area contributed by atoms with Crippen LogP contribution in [0.4, 0.5) is 4.39 Å². The lowest BCUT2D eigenvalue weighted by molar-refractivity contribution is -0.120. The summed E-state index contributed by atoms with van der Waals surface area (Å²) < 4.78 is 12.9. The first-order valence-corrected chi connectivity index (χ1v) is 7.58. The van der Waals surface area contributed by atoms with Crippen molar-refractivity contribution in [3.63, 3.8) is 0 Å². The number of carbonyl (C=O) groups is 1. The molecule has 1 aromatic heterocycles. The molecule has 1 amide bonds. The van der Waals surface area contributed by atoms with E-state index in [0.717, 1.165) is 10.6 Å². The third-order valence-corrected chi connectivity index (χ3v) is 4.08. The lowest BCUT2D eigenvalue weighted by Crippen LogP contribution is -2.33. The number of thioether (sulfide) groups is 1. The molecule has 0 saturated carbocycles. The predicted octanol–water partition coefficient (Wildman–Crippen LogP) is 3.58. The number of aromatic nitrogens is 1.